The van der Waals surface area contributed by atoms with Crippen molar-refractivity contribution < 1.29 is 14.3 Å². The Balaban J connectivity index is 2.02. The van der Waals surface area contributed by atoms with Crippen LogP contribution >= 0.6 is 0 Å². The normalized spacial score (nSPS) is 10.4. The lowest BCUT2D eigenvalue weighted by molar-refractivity contribution is 0.0950. The number of ether oxygens (including phenoxy) is 2. The molecule has 23 heavy (non-hydrogen) atoms. The molecule has 0 saturated heterocycles. The number of amides is 1. The highest BCUT2D eigenvalue weighted by Crippen LogP contribution is 2.28. The Morgan fingerprint density at radius 2 is 1.83 bits per heavy atom. The lowest BCUT2D eigenvalue weighted by atomic mass is 10.1. The minimum Gasteiger partial charge on any atom is -0.493 e. The van der Waals surface area contributed by atoms with Crippen molar-refractivity contribution >= 4 is 5.91 Å². The second kappa shape index (κ2) is 8.22. The molecule has 0 heterocycles. The minimum atomic E-state index is -0.137. The van der Waals surface area contributed by atoms with Crippen LogP contribution in [-0.2, 0) is 6.54 Å². The number of rotatable bonds is 7. The van der Waals surface area contributed by atoms with E-state index in [2.05, 4.69) is 19.2 Å². The van der Waals surface area contributed by atoms with E-state index in [9.17, 15) is 4.79 Å². The van der Waals surface area contributed by atoms with Crippen LogP contribution in [0.3, 0.4) is 0 Å². The van der Waals surface area contributed by atoms with Gasteiger partial charge in [0.1, 0.15) is 0 Å². The van der Waals surface area contributed by atoms with Gasteiger partial charge in [0.2, 0.25) is 0 Å². The van der Waals surface area contributed by atoms with Crippen LogP contribution in [0.25, 0.3) is 0 Å². The first-order chi connectivity index (χ1) is 11.1. The number of nitrogens with one attached hydrogen (secondary N) is 1. The second-order valence-corrected chi connectivity index (χ2v) is 5.74. The number of benzene rings is 2. The van der Waals surface area contributed by atoms with Crippen molar-refractivity contribution in [3.05, 3.63) is 59.7 Å². The Labute approximate surface area is 137 Å². The summed E-state index contributed by atoms with van der Waals surface area (Å²) in [7, 11) is 1.57. The number of carbonyl (C=O) groups excluding carboxylic acids is 1. The summed E-state index contributed by atoms with van der Waals surface area (Å²) in [6.45, 7) is 5.26. The highest BCUT2D eigenvalue weighted by atomic mass is 16.5. The third-order valence-electron chi connectivity index (χ3n) is 3.29. The maximum Gasteiger partial charge on any atom is 0.251 e. The Morgan fingerprint density at radius 1 is 1.09 bits per heavy atom. The largest absolute Gasteiger partial charge is 0.493 e. The molecular weight excluding hydrogens is 290 g/mol. The molecule has 0 aliphatic rings. The van der Waals surface area contributed by atoms with Crippen LogP contribution in [0.4, 0.5) is 0 Å². The lowest BCUT2D eigenvalue weighted by Crippen LogP contribution is -2.22. The van der Waals surface area contributed by atoms with Crippen molar-refractivity contribution in [1.29, 1.82) is 0 Å². The fraction of sp³-hybridized carbons (Fsp3) is 0.316. The number of carbonyl (C=O) groups is 1. The Bertz CT molecular complexity index is 638. The van der Waals surface area contributed by atoms with Crippen LogP contribution in [0, 0.1) is 5.92 Å². The maximum absolute atomic E-state index is 12.3. The molecule has 0 bridgehead atoms. The standard InChI is InChI=1S/C19H23NO3/c1-14(2)13-23-17-10-9-16(11-18(17)22-3)19(21)20-12-15-7-5-4-6-8-15/h4-11,14H,12-13H2,1-3H3,(H,20,21). The van der Waals surface area contributed by atoms with E-state index in [-0.39, 0.29) is 5.91 Å². The van der Waals surface area contributed by atoms with Gasteiger partial charge in [-0.25, -0.2) is 0 Å². The van der Waals surface area contributed by atoms with Gasteiger partial charge in [-0.2, -0.15) is 0 Å². The molecule has 2 rings (SSSR count). The molecule has 2 aromatic rings. The van der Waals surface area contributed by atoms with E-state index < -0.39 is 0 Å². The topological polar surface area (TPSA) is 47.6 Å². The fourth-order valence-electron chi connectivity index (χ4n) is 2.06. The summed E-state index contributed by atoms with van der Waals surface area (Å²) in [6, 6.07) is 15.0. The molecule has 4 heteroatoms. The molecule has 122 valence electrons. The molecule has 1 N–H and O–H groups in total. The third-order valence-corrected chi connectivity index (χ3v) is 3.29. The van der Waals surface area contributed by atoms with E-state index in [0.29, 0.717) is 36.1 Å². The quantitative estimate of drug-likeness (QED) is 0.848. The average molecular weight is 313 g/mol. The van der Waals surface area contributed by atoms with Crippen LogP contribution in [0.1, 0.15) is 29.8 Å². The van der Waals surface area contributed by atoms with Crippen LogP contribution in [0.2, 0.25) is 0 Å². The molecule has 0 radical (unpaired) electrons. The second-order valence-electron chi connectivity index (χ2n) is 5.74. The zero-order chi connectivity index (χ0) is 16.7. The highest BCUT2D eigenvalue weighted by Gasteiger charge is 2.11. The number of methoxy groups -OCH3 is 1. The van der Waals surface area contributed by atoms with Crippen molar-refractivity contribution in [2.75, 3.05) is 13.7 Å². The van der Waals surface area contributed by atoms with Gasteiger partial charge in [-0.05, 0) is 29.7 Å². The SMILES string of the molecule is COc1cc(C(=O)NCc2ccccc2)ccc1OCC(C)C. The van der Waals surface area contributed by atoms with Gasteiger partial charge in [0.05, 0.1) is 13.7 Å². The molecule has 0 saturated carbocycles. The lowest BCUT2D eigenvalue weighted by Gasteiger charge is -2.13. The fourth-order valence-corrected chi connectivity index (χ4v) is 2.06. The van der Waals surface area contributed by atoms with Gasteiger partial charge in [-0.15, -0.1) is 0 Å². The summed E-state index contributed by atoms with van der Waals surface area (Å²) in [5, 5.41) is 2.90. The van der Waals surface area contributed by atoms with E-state index in [0.717, 1.165) is 5.56 Å². The van der Waals surface area contributed by atoms with E-state index >= 15 is 0 Å². The molecule has 0 unspecified atom stereocenters. The molecule has 1 amide bonds. The molecular formula is C19H23NO3. The highest BCUT2D eigenvalue weighted by molar-refractivity contribution is 5.94. The molecule has 0 fully saturated rings. The van der Waals surface area contributed by atoms with Gasteiger partial charge in [0.25, 0.3) is 5.91 Å². The third kappa shape index (κ3) is 5.02. The predicted octanol–water partition coefficient (Wildman–Crippen LogP) is 3.66. The summed E-state index contributed by atoms with van der Waals surface area (Å²) in [6.07, 6.45) is 0. The zero-order valence-electron chi connectivity index (χ0n) is 13.8. The molecule has 0 spiro atoms. The summed E-state index contributed by atoms with van der Waals surface area (Å²) in [4.78, 5) is 12.3. The van der Waals surface area contributed by atoms with Crippen molar-refractivity contribution in [1.82, 2.24) is 5.32 Å². The molecule has 0 atom stereocenters. The van der Waals surface area contributed by atoms with E-state index in [4.69, 9.17) is 9.47 Å². The maximum atomic E-state index is 12.3. The Kier molecular flexibility index (Phi) is 6.03. The van der Waals surface area contributed by atoms with Crippen molar-refractivity contribution in [3.8, 4) is 11.5 Å². The molecule has 2 aromatic carbocycles. The molecule has 4 nitrogen and oxygen atoms in total. The average Bonchev–Trinajstić information content (AvgIpc) is 2.58. The monoisotopic (exact) mass is 313 g/mol. The van der Waals surface area contributed by atoms with Gasteiger partial charge in [0, 0.05) is 12.1 Å². The number of hydrogen-bond acceptors (Lipinski definition) is 3. The Hall–Kier alpha value is -2.49. The molecule has 0 aliphatic carbocycles. The molecule has 0 aliphatic heterocycles. The summed E-state index contributed by atoms with van der Waals surface area (Å²) in [5.74, 6) is 1.51. The van der Waals surface area contributed by atoms with Crippen molar-refractivity contribution in [2.24, 2.45) is 5.92 Å². The van der Waals surface area contributed by atoms with Gasteiger partial charge >= 0.3 is 0 Å². The van der Waals surface area contributed by atoms with Gasteiger partial charge in [-0.3, -0.25) is 4.79 Å². The van der Waals surface area contributed by atoms with E-state index in [1.54, 1.807) is 25.3 Å². The van der Waals surface area contributed by atoms with Gasteiger partial charge < -0.3 is 14.8 Å². The minimum absolute atomic E-state index is 0.137. The van der Waals surface area contributed by atoms with Gasteiger partial charge in [-0.1, -0.05) is 44.2 Å². The summed E-state index contributed by atoms with van der Waals surface area (Å²) >= 11 is 0. The van der Waals surface area contributed by atoms with Crippen LogP contribution in [0.15, 0.2) is 48.5 Å². The van der Waals surface area contributed by atoms with Crippen molar-refractivity contribution in [3.63, 3.8) is 0 Å². The Morgan fingerprint density at radius 3 is 2.48 bits per heavy atom. The summed E-state index contributed by atoms with van der Waals surface area (Å²) in [5.41, 5.74) is 1.61. The first kappa shape index (κ1) is 16.9. The first-order valence-electron chi connectivity index (χ1n) is 7.73. The smallest absolute Gasteiger partial charge is 0.251 e. The molecule has 0 aromatic heterocycles. The van der Waals surface area contributed by atoms with Crippen LogP contribution in [0.5, 0.6) is 11.5 Å². The zero-order valence-corrected chi connectivity index (χ0v) is 13.8. The van der Waals surface area contributed by atoms with E-state index in [1.807, 2.05) is 30.3 Å². The van der Waals surface area contributed by atoms with Gasteiger partial charge in [0.15, 0.2) is 11.5 Å². The predicted molar refractivity (Wildman–Crippen MR) is 90.9 cm³/mol. The van der Waals surface area contributed by atoms with Crippen molar-refractivity contribution in [2.45, 2.75) is 20.4 Å². The van der Waals surface area contributed by atoms with E-state index in [1.165, 1.54) is 0 Å². The first-order valence-corrected chi connectivity index (χ1v) is 7.73. The summed E-state index contributed by atoms with van der Waals surface area (Å²) < 4.78 is 11.0. The van der Waals surface area contributed by atoms with Crippen LogP contribution in [-0.4, -0.2) is 19.6 Å². The number of hydrogen-bond donors (Lipinski definition) is 1. The van der Waals surface area contributed by atoms with Crippen LogP contribution < -0.4 is 14.8 Å².